The molecule has 5 nitrogen and oxygen atoms in total. The highest BCUT2D eigenvalue weighted by Gasteiger charge is 2.18. The summed E-state index contributed by atoms with van der Waals surface area (Å²) in [5, 5.41) is 0. The van der Waals surface area contributed by atoms with Crippen LogP contribution < -0.4 is 10.5 Å². The van der Waals surface area contributed by atoms with Gasteiger partial charge in [-0.05, 0) is 58.6 Å². The summed E-state index contributed by atoms with van der Waals surface area (Å²) in [5.41, 5.74) is 6.60. The monoisotopic (exact) mass is 299 g/mol. The van der Waals surface area contributed by atoms with Crippen LogP contribution in [-0.4, -0.2) is 40.0 Å². The maximum atomic E-state index is 12.3. The zero-order chi connectivity index (χ0) is 15.3. The fraction of sp³-hybridized carbons (Fsp3) is 0.571. The van der Waals surface area contributed by atoms with Gasteiger partial charge in [0.15, 0.2) is 0 Å². The Balaban J connectivity index is 2.80. The van der Waals surface area contributed by atoms with Crippen LogP contribution >= 0.6 is 0 Å². The van der Waals surface area contributed by atoms with Crippen molar-refractivity contribution in [2.24, 2.45) is 5.73 Å². The Morgan fingerprint density at radius 2 is 1.95 bits per heavy atom. The van der Waals surface area contributed by atoms with Gasteiger partial charge in [0.25, 0.3) is 0 Å². The largest absolute Gasteiger partial charge is 0.324 e. The number of nitrogens with two attached hydrogens (primary N) is 1. The standard InChI is InChI=1S/C14H25N3O2S/c1-11(8-9-17(3)4)16-20(18,19)14-7-5-6-13(10-14)12(2)15/h5-7,10-12,16H,8-9,15H2,1-4H3. The van der Waals surface area contributed by atoms with Crippen LogP contribution in [0, 0.1) is 0 Å². The van der Waals surface area contributed by atoms with E-state index in [1.165, 1.54) is 0 Å². The SMILES string of the molecule is CC(CCN(C)C)NS(=O)(=O)c1cccc(C(C)N)c1. The number of nitrogens with one attached hydrogen (secondary N) is 1. The molecule has 0 aromatic heterocycles. The molecule has 0 aliphatic carbocycles. The molecule has 1 aromatic carbocycles. The van der Waals surface area contributed by atoms with Crippen molar-refractivity contribution in [2.75, 3.05) is 20.6 Å². The fourth-order valence-corrected chi connectivity index (χ4v) is 3.14. The van der Waals surface area contributed by atoms with E-state index < -0.39 is 10.0 Å². The summed E-state index contributed by atoms with van der Waals surface area (Å²) in [7, 11) is 0.444. The van der Waals surface area contributed by atoms with Gasteiger partial charge in [-0.15, -0.1) is 0 Å². The summed E-state index contributed by atoms with van der Waals surface area (Å²) >= 11 is 0. The average Bonchev–Trinajstić information content (AvgIpc) is 2.36. The van der Waals surface area contributed by atoms with Crippen molar-refractivity contribution < 1.29 is 8.42 Å². The van der Waals surface area contributed by atoms with Gasteiger partial charge in [-0.25, -0.2) is 13.1 Å². The van der Waals surface area contributed by atoms with Crippen LogP contribution in [0.5, 0.6) is 0 Å². The lowest BCUT2D eigenvalue weighted by Crippen LogP contribution is -2.34. The highest BCUT2D eigenvalue weighted by atomic mass is 32.2. The molecule has 0 heterocycles. The minimum absolute atomic E-state index is 0.110. The topological polar surface area (TPSA) is 75.4 Å². The van der Waals surface area contributed by atoms with Gasteiger partial charge in [0.05, 0.1) is 4.90 Å². The van der Waals surface area contributed by atoms with Crippen molar-refractivity contribution >= 4 is 10.0 Å². The van der Waals surface area contributed by atoms with Crippen LogP contribution in [0.1, 0.15) is 31.9 Å². The van der Waals surface area contributed by atoms with E-state index in [-0.39, 0.29) is 17.0 Å². The summed E-state index contributed by atoms with van der Waals surface area (Å²) in [5.74, 6) is 0. The summed E-state index contributed by atoms with van der Waals surface area (Å²) in [6.07, 6.45) is 0.763. The molecule has 0 saturated carbocycles. The summed E-state index contributed by atoms with van der Waals surface area (Å²) in [4.78, 5) is 2.30. The predicted molar refractivity (Wildman–Crippen MR) is 82.0 cm³/mol. The van der Waals surface area contributed by atoms with E-state index in [2.05, 4.69) is 4.72 Å². The van der Waals surface area contributed by atoms with Crippen molar-refractivity contribution in [2.45, 2.75) is 37.2 Å². The van der Waals surface area contributed by atoms with Gasteiger partial charge < -0.3 is 10.6 Å². The minimum Gasteiger partial charge on any atom is -0.324 e. The van der Waals surface area contributed by atoms with E-state index in [1.807, 2.05) is 38.9 Å². The number of hydrogen-bond donors (Lipinski definition) is 2. The molecule has 1 aromatic rings. The van der Waals surface area contributed by atoms with E-state index >= 15 is 0 Å². The van der Waals surface area contributed by atoms with Crippen molar-refractivity contribution in [3.8, 4) is 0 Å². The zero-order valence-corrected chi connectivity index (χ0v) is 13.4. The third kappa shape index (κ3) is 5.20. The molecule has 0 radical (unpaired) electrons. The number of hydrogen-bond acceptors (Lipinski definition) is 4. The molecule has 0 bridgehead atoms. The van der Waals surface area contributed by atoms with Gasteiger partial charge in [-0.3, -0.25) is 0 Å². The second-order valence-electron chi connectivity index (χ2n) is 5.48. The predicted octanol–water partition coefficient (Wildman–Crippen LogP) is 1.32. The molecular weight excluding hydrogens is 274 g/mol. The van der Waals surface area contributed by atoms with Gasteiger partial charge in [0, 0.05) is 12.1 Å². The van der Waals surface area contributed by atoms with Crippen LogP contribution in [0.3, 0.4) is 0 Å². The second-order valence-corrected chi connectivity index (χ2v) is 7.19. The maximum Gasteiger partial charge on any atom is 0.240 e. The molecule has 0 aliphatic heterocycles. The van der Waals surface area contributed by atoms with E-state index in [0.717, 1.165) is 18.5 Å². The van der Waals surface area contributed by atoms with Gasteiger partial charge in [-0.2, -0.15) is 0 Å². The maximum absolute atomic E-state index is 12.3. The molecule has 20 heavy (non-hydrogen) atoms. The first-order chi connectivity index (χ1) is 9.22. The van der Waals surface area contributed by atoms with Crippen molar-refractivity contribution in [1.82, 2.24) is 9.62 Å². The molecule has 0 saturated heterocycles. The second kappa shape index (κ2) is 7.17. The van der Waals surface area contributed by atoms with Crippen molar-refractivity contribution in [3.63, 3.8) is 0 Å². The Bertz CT molecular complexity index is 527. The average molecular weight is 299 g/mol. The molecule has 6 heteroatoms. The molecule has 114 valence electrons. The first kappa shape index (κ1) is 17.1. The van der Waals surface area contributed by atoms with E-state index in [4.69, 9.17) is 5.73 Å². The Morgan fingerprint density at radius 3 is 2.50 bits per heavy atom. The lowest BCUT2D eigenvalue weighted by molar-refractivity contribution is 0.379. The first-order valence-corrected chi connectivity index (χ1v) is 8.23. The molecular formula is C14H25N3O2S. The molecule has 2 unspecified atom stereocenters. The Hall–Kier alpha value is -0.950. The van der Waals surface area contributed by atoms with Gasteiger partial charge >= 0.3 is 0 Å². The van der Waals surface area contributed by atoms with Gasteiger partial charge in [0.1, 0.15) is 0 Å². The number of rotatable bonds is 7. The lowest BCUT2D eigenvalue weighted by atomic mass is 10.1. The molecule has 2 atom stereocenters. The Labute approximate surface area is 122 Å². The van der Waals surface area contributed by atoms with Crippen LogP contribution in [0.2, 0.25) is 0 Å². The quantitative estimate of drug-likeness (QED) is 0.796. The van der Waals surface area contributed by atoms with Gasteiger partial charge in [0.2, 0.25) is 10.0 Å². The van der Waals surface area contributed by atoms with Crippen LogP contribution in [-0.2, 0) is 10.0 Å². The van der Waals surface area contributed by atoms with Crippen molar-refractivity contribution in [3.05, 3.63) is 29.8 Å². The third-order valence-electron chi connectivity index (χ3n) is 3.06. The summed E-state index contributed by atoms with van der Waals surface area (Å²) < 4.78 is 27.3. The summed E-state index contributed by atoms with van der Waals surface area (Å²) in [6, 6.07) is 6.48. The smallest absolute Gasteiger partial charge is 0.240 e. The molecule has 0 spiro atoms. The lowest BCUT2D eigenvalue weighted by Gasteiger charge is -2.17. The molecule has 3 N–H and O–H groups in total. The van der Waals surface area contributed by atoms with Crippen LogP contribution in [0.25, 0.3) is 0 Å². The van der Waals surface area contributed by atoms with E-state index in [1.54, 1.807) is 18.2 Å². The van der Waals surface area contributed by atoms with E-state index in [9.17, 15) is 8.42 Å². The number of sulfonamides is 1. The first-order valence-electron chi connectivity index (χ1n) is 6.75. The zero-order valence-electron chi connectivity index (χ0n) is 12.6. The fourth-order valence-electron chi connectivity index (χ4n) is 1.81. The van der Waals surface area contributed by atoms with Crippen LogP contribution in [0.15, 0.2) is 29.2 Å². The highest BCUT2D eigenvalue weighted by molar-refractivity contribution is 7.89. The van der Waals surface area contributed by atoms with E-state index in [0.29, 0.717) is 0 Å². The highest BCUT2D eigenvalue weighted by Crippen LogP contribution is 2.16. The van der Waals surface area contributed by atoms with Crippen LogP contribution in [0.4, 0.5) is 0 Å². The third-order valence-corrected chi connectivity index (χ3v) is 4.65. The molecule has 0 aliphatic rings. The Morgan fingerprint density at radius 1 is 1.30 bits per heavy atom. The van der Waals surface area contributed by atoms with Gasteiger partial charge in [-0.1, -0.05) is 12.1 Å². The van der Waals surface area contributed by atoms with Crippen molar-refractivity contribution in [1.29, 1.82) is 0 Å². The minimum atomic E-state index is -3.49. The molecule has 0 amide bonds. The number of benzene rings is 1. The molecule has 0 fully saturated rings. The normalized spacial score (nSPS) is 15.3. The Kier molecular flexibility index (Phi) is 6.13. The molecule has 1 rings (SSSR count). The summed E-state index contributed by atoms with van der Waals surface area (Å²) in [6.45, 7) is 4.54. The number of nitrogens with zero attached hydrogens (tertiary/aromatic N) is 1.